The predicted octanol–water partition coefficient (Wildman–Crippen LogP) is 5.11. The monoisotopic (exact) mass is 414 g/mol. The van der Waals surface area contributed by atoms with Crippen molar-refractivity contribution < 1.29 is 27.4 Å². The van der Waals surface area contributed by atoms with Gasteiger partial charge in [-0.15, -0.1) is 0 Å². The molecule has 5 nitrogen and oxygen atoms in total. The lowest BCUT2D eigenvalue weighted by Crippen LogP contribution is -2.22. The van der Waals surface area contributed by atoms with E-state index in [-0.39, 0.29) is 18.4 Å². The van der Waals surface area contributed by atoms with Gasteiger partial charge in [-0.3, -0.25) is 4.79 Å². The molecule has 0 atom stereocenters. The maximum absolute atomic E-state index is 12.9. The van der Waals surface area contributed by atoms with Gasteiger partial charge in [0.1, 0.15) is 0 Å². The van der Waals surface area contributed by atoms with Gasteiger partial charge in [-0.2, -0.15) is 13.2 Å². The summed E-state index contributed by atoms with van der Waals surface area (Å²) in [4.78, 5) is 12.5. The normalized spacial score (nSPS) is 12.5. The number of halogens is 3. The number of ether oxygens (including phenoxy) is 2. The number of hydrogen-bond acceptors (Lipinski definition) is 4. The van der Waals surface area contributed by atoms with Crippen molar-refractivity contribution in [3.05, 3.63) is 83.4 Å². The first-order valence-electron chi connectivity index (χ1n) is 9.09. The summed E-state index contributed by atoms with van der Waals surface area (Å²) >= 11 is 0. The second kappa shape index (κ2) is 7.98. The van der Waals surface area contributed by atoms with Crippen molar-refractivity contribution in [2.45, 2.75) is 12.7 Å². The van der Waals surface area contributed by atoms with Gasteiger partial charge in [0.15, 0.2) is 11.5 Å². The van der Waals surface area contributed by atoms with Gasteiger partial charge in [-0.1, -0.05) is 18.2 Å². The van der Waals surface area contributed by atoms with E-state index in [1.807, 2.05) is 6.07 Å². The summed E-state index contributed by atoms with van der Waals surface area (Å²) in [5, 5.41) is 5.72. The van der Waals surface area contributed by atoms with E-state index in [0.29, 0.717) is 29.3 Å². The van der Waals surface area contributed by atoms with Gasteiger partial charge in [-0.25, -0.2) is 0 Å². The van der Waals surface area contributed by atoms with E-state index in [2.05, 4.69) is 10.6 Å². The number of nitrogens with one attached hydrogen (secondary N) is 2. The van der Waals surface area contributed by atoms with Gasteiger partial charge in [0.25, 0.3) is 5.91 Å². The molecule has 8 heteroatoms. The van der Waals surface area contributed by atoms with Crippen LogP contribution >= 0.6 is 0 Å². The van der Waals surface area contributed by atoms with Crippen LogP contribution in [0.1, 0.15) is 21.5 Å². The molecule has 0 spiro atoms. The van der Waals surface area contributed by atoms with Crippen LogP contribution in [0, 0.1) is 0 Å². The molecule has 1 amide bonds. The number of amides is 1. The molecule has 3 aromatic rings. The standard InChI is InChI=1S/C22H17F3N2O3/c23-22(24,25)16-4-2-6-18(11-16)27-17-5-1-3-15(10-17)21(28)26-12-14-7-8-19-20(9-14)30-13-29-19/h1-11,27H,12-13H2,(H,26,28). The summed E-state index contributed by atoms with van der Waals surface area (Å²) < 4.78 is 49.2. The fourth-order valence-corrected chi connectivity index (χ4v) is 3.01. The van der Waals surface area contributed by atoms with Crippen LogP contribution in [-0.4, -0.2) is 12.7 Å². The van der Waals surface area contributed by atoms with Crippen LogP contribution in [0.15, 0.2) is 66.7 Å². The molecule has 0 radical (unpaired) electrons. The zero-order valence-electron chi connectivity index (χ0n) is 15.6. The number of alkyl halides is 3. The third-order valence-electron chi connectivity index (χ3n) is 4.49. The quantitative estimate of drug-likeness (QED) is 0.609. The lowest BCUT2D eigenvalue weighted by Gasteiger charge is -2.12. The molecule has 4 rings (SSSR count). The Labute approximate surface area is 170 Å². The lowest BCUT2D eigenvalue weighted by atomic mass is 10.1. The second-order valence-corrected chi connectivity index (χ2v) is 6.65. The Balaban J connectivity index is 1.42. The van der Waals surface area contributed by atoms with E-state index in [0.717, 1.165) is 17.7 Å². The van der Waals surface area contributed by atoms with E-state index in [1.54, 1.807) is 36.4 Å². The third kappa shape index (κ3) is 4.48. The van der Waals surface area contributed by atoms with E-state index in [1.165, 1.54) is 12.1 Å². The lowest BCUT2D eigenvalue weighted by molar-refractivity contribution is -0.137. The van der Waals surface area contributed by atoms with Crippen molar-refractivity contribution in [1.82, 2.24) is 5.32 Å². The molecule has 154 valence electrons. The van der Waals surface area contributed by atoms with Gasteiger partial charge >= 0.3 is 6.18 Å². The highest BCUT2D eigenvalue weighted by molar-refractivity contribution is 5.95. The van der Waals surface area contributed by atoms with Crippen LogP contribution in [0.25, 0.3) is 0 Å². The van der Waals surface area contributed by atoms with E-state index in [9.17, 15) is 18.0 Å². The molecule has 0 fully saturated rings. The number of benzene rings is 3. The Morgan fingerprint density at radius 3 is 2.43 bits per heavy atom. The zero-order valence-corrected chi connectivity index (χ0v) is 15.6. The number of rotatable bonds is 5. The first kappa shape index (κ1) is 19.6. The van der Waals surface area contributed by atoms with Gasteiger partial charge in [0.2, 0.25) is 6.79 Å². The fourth-order valence-electron chi connectivity index (χ4n) is 3.01. The number of carbonyl (C=O) groups is 1. The summed E-state index contributed by atoms with van der Waals surface area (Å²) in [5.74, 6) is 0.993. The molecule has 0 saturated carbocycles. The number of carbonyl (C=O) groups excluding carboxylic acids is 1. The Kier molecular flexibility index (Phi) is 5.22. The van der Waals surface area contributed by atoms with Crippen molar-refractivity contribution >= 4 is 17.3 Å². The third-order valence-corrected chi connectivity index (χ3v) is 4.49. The topological polar surface area (TPSA) is 59.6 Å². The molecule has 1 aliphatic rings. The summed E-state index contributed by atoms with van der Waals surface area (Å²) in [6, 6.07) is 16.8. The van der Waals surface area contributed by atoms with E-state index in [4.69, 9.17) is 9.47 Å². The van der Waals surface area contributed by atoms with Gasteiger partial charge in [0, 0.05) is 23.5 Å². The van der Waals surface area contributed by atoms with Crippen LogP contribution in [0.2, 0.25) is 0 Å². The number of hydrogen-bond donors (Lipinski definition) is 2. The minimum Gasteiger partial charge on any atom is -0.454 e. The first-order chi connectivity index (χ1) is 14.4. The number of fused-ring (bicyclic) bond motifs is 1. The van der Waals surface area contributed by atoms with Crippen molar-refractivity contribution in [2.75, 3.05) is 12.1 Å². The smallest absolute Gasteiger partial charge is 0.416 e. The fraction of sp³-hybridized carbons (Fsp3) is 0.136. The van der Waals surface area contributed by atoms with Gasteiger partial charge < -0.3 is 20.1 Å². The molecule has 0 aromatic heterocycles. The zero-order chi connectivity index (χ0) is 21.1. The molecule has 3 aromatic carbocycles. The van der Waals surface area contributed by atoms with Crippen LogP contribution in [0.5, 0.6) is 11.5 Å². The molecule has 1 aliphatic heterocycles. The highest BCUT2D eigenvalue weighted by Crippen LogP contribution is 2.33. The van der Waals surface area contributed by atoms with Crippen LogP contribution in [-0.2, 0) is 12.7 Å². The molecule has 1 heterocycles. The Morgan fingerprint density at radius 1 is 0.900 bits per heavy atom. The maximum atomic E-state index is 12.9. The van der Waals surface area contributed by atoms with Gasteiger partial charge in [0.05, 0.1) is 5.56 Å². The predicted molar refractivity (Wildman–Crippen MR) is 105 cm³/mol. The van der Waals surface area contributed by atoms with E-state index >= 15 is 0 Å². The first-order valence-corrected chi connectivity index (χ1v) is 9.09. The van der Waals surface area contributed by atoms with Crippen molar-refractivity contribution in [3.8, 4) is 11.5 Å². The Bertz CT molecular complexity index is 1080. The Morgan fingerprint density at radius 2 is 1.63 bits per heavy atom. The summed E-state index contributed by atoms with van der Waals surface area (Å²) in [5.41, 5.74) is 1.27. The van der Waals surface area contributed by atoms with Crippen LogP contribution in [0.4, 0.5) is 24.5 Å². The van der Waals surface area contributed by atoms with Crippen molar-refractivity contribution in [1.29, 1.82) is 0 Å². The summed E-state index contributed by atoms with van der Waals surface area (Å²) in [7, 11) is 0. The molecule has 30 heavy (non-hydrogen) atoms. The highest BCUT2D eigenvalue weighted by Gasteiger charge is 2.30. The van der Waals surface area contributed by atoms with E-state index < -0.39 is 11.7 Å². The molecular weight excluding hydrogens is 397 g/mol. The van der Waals surface area contributed by atoms with Crippen molar-refractivity contribution in [2.24, 2.45) is 0 Å². The average molecular weight is 414 g/mol. The molecule has 2 N–H and O–H groups in total. The number of anilines is 2. The minimum atomic E-state index is -4.42. The Hall–Kier alpha value is -3.68. The van der Waals surface area contributed by atoms with Gasteiger partial charge in [-0.05, 0) is 54.1 Å². The minimum absolute atomic E-state index is 0.177. The highest BCUT2D eigenvalue weighted by atomic mass is 19.4. The average Bonchev–Trinajstić information content (AvgIpc) is 3.20. The maximum Gasteiger partial charge on any atom is 0.416 e. The largest absolute Gasteiger partial charge is 0.454 e. The summed E-state index contributed by atoms with van der Waals surface area (Å²) in [6.07, 6.45) is -4.42. The molecular formula is C22H17F3N2O3. The van der Waals surface area contributed by atoms with Crippen molar-refractivity contribution in [3.63, 3.8) is 0 Å². The molecule has 0 unspecified atom stereocenters. The van der Waals surface area contributed by atoms with Crippen LogP contribution < -0.4 is 20.1 Å². The molecule has 0 aliphatic carbocycles. The SMILES string of the molecule is O=C(NCc1ccc2c(c1)OCO2)c1cccc(Nc2cccc(C(F)(F)F)c2)c1. The molecule has 0 saturated heterocycles. The second-order valence-electron chi connectivity index (χ2n) is 6.65. The summed E-state index contributed by atoms with van der Waals surface area (Å²) in [6.45, 7) is 0.470. The molecule has 0 bridgehead atoms. The van der Waals surface area contributed by atoms with Crippen LogP contribution in [0.3, 0.4) is 0 Å².